The molecule has 0 saturated heterocycles. The lowest BCUT2D eigenvalue weighted by molar-refractivity contribution is 0.281. The van der Waals surface area contributed by atoms with Gasteiger partial charge in [0.2, 0.25) is 0 Å². The average molecular weight is 215 g/mol. The summed E-state index contributed by atoms with van der Waals surface area (Å²) in [6, 6.07) is 0.829. The zero-order valence-electron chi connectivity index (χ0n) is 9.72. The molecule has 1 N–H and O–H groups in total. The molecule has 1 fully saturated rings. The number of nitrogens with one attached hydrogen (secondary N) is 1. The molecular weight excluding hydrogens is 190 g/mol. The Morgan fingerprint density at radius 2 is 1.93 bits per heavy atom. The van der Waals surface area contributed by atoms with Crippen LogP contribution in [0.15, 0.2) is 0 Å². The fraction of sp³-hybridized carbons (Fsp3) is 1.00. The first-order valence-corrected chi connectivity index (χ1v) is 7.48. The van der Waals surface area contributed by atoms with E-state index < -0.39 is 0 Å². The minimum absolute atomic E-state index is 0.829. The van der Waals surface area contributed by atoms with Crippen LogP contribution in [0.5, 0.6) is 0 Å². The van der Waals surface area contributed by atoms with Gasteiger partial charge in [0.25, 0.3) is 0 Å². The van der Waals surface area contributed by atoms with Crippen molar-refractivity contribution in [2.45, 2.75) is 51.5 Å². The minimum Gasteiger partial charge on any atom is -0.313 e. The molecule has 84 valence electrons. The van der Waals surface area contributed by atoms with Gasteiger partial charge in [0.1, 0.15) is 0 Å². The third-order valence-electron chi connectivity index (χ3n) is 3.28. The van der Waals surface area contributed by atoms with E-state index in [1.807, 2.05) is 11.8 Å². The van der Waals surface area contributed by atoms with Gasteiger partial charge in [-0.3, -0.25) is 0 Å². The number of hydrogen-bond donors (Lipinski definition) is 1. The molecule has 1 nitrogen and oxygen atoms in total. The van der Waals surface area contributed by atoms with Crippen LogP contribution >= 0.6 is 11.8 Å². The van der Waals surface area contributed by atoms with Crippen LogP contribution in [0, 0.1) is 5.92 Å². The van der Waals surface area contributed by atoms with E-state index in [4.69, 9.17) is 0 Å². The van der Waals surface area contributed by atoms with E-state index in [2.05, 4.69) is 18.5 Å². The van der Waals surface area contributed by atoms with Crippen LogP contribution in [0.25, 0.3) is 0 Å². The Balaban J connectivity index is 2.03. The van der Waals surface area contributed by atoms with Crippen molar-refractivity contribution >= 4 is 11.8 Å². The number of rotatable bonds is 6. The zero-order valence-corrected chi connectivity index (χ0v) is 10.5. The van der Waals surface area contributed by atoms with Crippen LogP contribution in [-0.4, -0.2) is 24.6 Å². The zero-order chi connectivity index (χ0) is 10.2. The van der Waals surface area contributed by atoms with Gasteiger partial charge in [-0.15, -0.1) is 0 Å². The highest BCUT2D eigenvalue weighted by Crippen LogP contribution is 2.27. The molecule has 0 aromatic rings. The van der Waals surface area contributed by atoms with Crippen molar-refractivity contribution < 1.29 is 0 Å². The Bertz CT molecular complexity index is 130. The maximum atomic E-state index is 3.66. The molecular formula is C12H25NS. The summed E-state index contributed by atoms with van der Waals surface area (Å²) in [5.41, 5.74) is 0. The highest BCUT2D eigenvalue weighted by molar-refractivity contribution is 7.98. The van der Waals surface area contributed by atoms with Gasteiger partial charge in [0.05, 0.1) is 0 Å². The smallest absolute Gasteiger partial charge is 0.00676 e. The molecule has 0 unspecified atom stereocenters. The molecule has 0 aliphatic heterocycles. The van der Waals surface area contributed by atoms with Crippen LogP contribution in [0.2, 0.25) is 0 Å². The summed E-state index contributed by atoms with van der Waals surface area (Å²) in [5, 5.41) is 3.66. The van der Waals surface area contributed by atoms with Gasteiger partial charge in [-0.25, -0.2) is 0 Å². The topological polar surface area (TPSA) is 12.0 Å². The van der Waals surface area contributed by atoms with E-state index in [0.29, 0.717) is 0 Å². The van der Waals surface area contributed by atoms with Gasteiger partial charge in [-0.2, -0.15) is 11.8 Å². The Morgan fingerprint density at radius 1 is 1.21 bits per heavy atom. The predicted molar refractivity (Wildman–Crippen MR) is 67.0 cm³/mol. The van der Waals surface area contributed by atoms with Gasteiger partial charge < -0.3 is 5.32 Å². The Hall–Kier alpha value is 0.310. The van der Waals surface area contributed by atoms with E-state index in [9.17, 15) is 0 Å². The summed E-state index contributed by atoms with van der Waals surface area (Å²) in [5.74, 6) is 2.30. The summed E-state index contributed by atoms with van der Waals surface area (Å²) in [6.07, 6.45) is 10.8. The van der Waals surface area contributed by atoms with Crippen LogP contribution in [-0.2, 0) is 0 Å². The Kier molecular flexibility index (Phi) is 6.70. The van der Waals surface area contributed by atoms with Gasteiger partial charge in [-0.05, 0) is 37.9 Å². The molecule has 1 aliphatic rings. The first-order chi connectivity index (χ1) is 6.86. The van der Waals surface area contributed by atoms with Crippen molar-refractivity contribution in [3.8, 4) is 0 Å². The predicted octanol–water partition coefficient (Wildman–Crippen LogP) is 3.30. The van der Waals surface area contributed by atoms with Crippen molar-refractivity contribution in [3.05, 3.63) is 0 Å². The van der Waals surface area contributed by atoms with Crippen molar-refractivity contribution in [3.63, 3.8) is 0 Å². The molecule has 0 heterocycles. The molecule has 0 radical (unpaired) electrons. The van der Waals surface area contributed by atoms with Crippen molar-refractivity contribution in [1.29, 1.82) is 0 Å². The Labute approximate surface area is 93.4 Å². The number of thioether (sulfide) groups is 1. The van der Waals surface area contributed by atoms with E-state index in [-0.39, 0.29) is 0 Å². The summed E-state index contributed by atoms with van der Waals surface area (Å²) < 4.78 is 0. The monoisotopic (exact) mass is 215 g/mol. The van der Waals surface area contributed by atoms with Crippen molar-refractivity contribution in [2.75, 3.05) is 18.6 Å². The molecule has 0 aromatic carbocycles. The summed E-state index contributed by atoms with van der Waals surface area (Å²) in [4.78, 5) is 0. The highest BCUT2D eigenvalue weighted by atomic mass is 32.2. The molecule has 0 spiro atoms. The van der Waals surface area contributed by atoms with E-state index in [1.54, 1.807) is 0 Å². The van der Waals surface area contributed by atoms with Crippen molar-refractivity contribution in [2.24, 2.45) is 5.92 Å². The van der Waals surface area contributed by atoms with Gasteiger partial charge in [0.15, 0.2) is 0 Å². The van der Waals surface area contributed by atoms with Crippen LogP contribution in [0.3, 0.4) is 0 Å². The quantitative estimate of drug-likeness (QED) is 0.682. The molecule has 14 heavy (non-hydrogen) atoms. The van der Waals surface area contributed by atoms with E-state index in [0.717, 1.165) is 12.0 Å². The Morgan fingerprint density at radius 3 is 2.50 bits per heavy atom. The van der Waals surface area contributed by atoms with Crippen LogP contribution in [0.1, 0.15) is 45.4 Å². The summed E-state index contributed by atoms with van der Waals surface area (Å²) in [7, 11) is 0. The standard InChI is InChI=1S/C12H25NS/c1-3-4-11-5-7-12(8-6-11)13-9-10-14-2/h11-13H,3-10H2,1-2H3. The van der Waals surface area contributed by atoms with Gasteiger partial charge in [0, 0.05) is 18.3 Å². The van der Waals surface area contributed by atoms with Gasteiger partial charge in [-0.1, -0.05) is 19.8 Å². The highest BCUT2D eigenvalue weighted by Gasteiger charge is 2.19. The maximum Gasteiger partial charge on any atom is 0.00676 e. The summed E-state index contributed by atoms with van der Waals surface area (Å²) >= 11 is 1.94. The molecule has 0 atom stereocenters. The first-order valence-electron chi connectivity index (χ1n) is 6.09. The van der Waals surface area contributed by atoms with Crippen molar-refractivity contribution in [1.82, 2.24) is 5.32 Å². The fourth-order valence-electron chi connectivity index (χ4n) is 2.43. The second-order valence-electron chi connectivity index (χ2n) is 4.45. The van der Waals surface area contributed by atoms with Crippen LogP contribution in [0.4, 0.5) is 0 Å². The largest absolute Gasteiger partial charge is 0.313 e. The SMILES string of the molecule is CCCC1CCC(NCCSC)CC1. The summed E-state index contributed by atoms with van der Waals surface area (Å²) in [6.45, 7) is 3.51. The normalized spacial score (nSPS) is 27.9. The third kappa shape index (κ3) is 4.70. The van der Waals surface area contributed by atoms with Gasteiger partial charge >= 0.3 is 0 Å². The molecule has 0 aromatic heterocycles. The van der Waals surface area contributed by atoms with E-state index >= 15 is 0 Å². The maximum absolute atomic E-state index is 3.66. The van der Waals surface area contributed by atoms with E-state index in [1.165, 1.54) is 50.8 Å². The lowest BCUT2D eigenvalue weighted by atomic mass is 9.83. The number of hydrogen-bond acceptors (Lipinski definition) is 2. The molecule has 2 heteroatoms. The second kappa shape index (κ2) is 7.58. The third-order valence-corrected chi connectivity index (χ3v) is 3.90. The molecule has 1 aliphatic carbocycles. The lowest BCUT2D eigenvalue weighted by Crippen LogP contribution is -2.34. The molecule has 0 amide bonds. The second-order valence-corrected chi connectivity index (χ2v) is 5.44. The average Bonchev–Trinajstić information content (AvgIpc) is 2.21. The molecule has 0 bridgehead atoms. The van der Waals surface area contributed by atoms with Crippen LogP contribution < -0.4 is 5.32 Å². The lowest BCUT2D eigenvalue weighted by Gasteiger charge is -2.29. The minimum atomic E-state index is 0.829. The molecule has 1 saturated carbocycles. The fourth-order valence-corrected chi connectivity index (χ4v) is 2.75. The molecule has 1 rings (SSSR count). The first kappa shape index (κ1) is 12.4.